The molecular formula is C6H12FNO2. The maximum Gasteiger partial charge on any atom is 0.116 e. The second-order valence-electron chi connectivity index (χ2n) is 2.97. The first kappa shape index (κ1) is 7.91. The Labute approximate surface area is 58.7 Å². The second-order valence-corrected chi connectivity index (χ2v) is 2.97. The van der Waals surface area contributed by atoms with Crippen LogP contribution in [-0.2, 0) is 0 Å². The highest BCUT2D eigenvalue weighted by atomic mass is 19.1. The quantitative estimate of drug-likeness (QED) is 0.435. The van der Waals surface area contributed by atoms with Crippen LogP contribution in [0.4, 0.5) is 4.39 Å². The van der Waals surface area contributed by atoms with Crippen LogP contribution in [0, 0.1) is 5.92 Å². The van der Waals surface area contributed by atoms with Gasteiger partial charge in [0.05, 0.1) is 0 Å². The molecule has 1 fully saturated rings. The number of aliphatic hydroxyl groups is 2. The molecule has 0 heterocycles. The van der Waals surface area contributed by atoms with Crippen molar-refractivity contribution in [1.29, 1.82) is 0 Å². The molecule has 3 nitrogen and oxygen atoms in total. The summed E-state index contributed by atoms with van der Waals surface area (Å²) in [5.41, 5.74) is 3.84. The molecule has 0 aromatic heterocycles. The molecule has 1 rings (SSSR count). The highest BCUT2D eigenvalue weighted by Crippen LogP contribution is 2.32. The van der Waals surface area contributed by atoms with Crippen LogP contribution >= 0.6 is 0 Å². The molecule has 0 spiro atoms. The van der Waals surface area contributed by atoms with Gasteiger partial charge >= 0.3 is 0 Å². The summed E-state index contributed by atoms with van der Waals surface area (Å²) < 4.78 is 12.7. The Bertz CT molecular complexity index is 129. The monoisotopic (exact) mass is 149 g/mol. The zero-order valence-corrected chi connectivity index (χ0v) is 5.63. The van der Waals surface area contributed by atoms with Crippen molar-refractivity contribution in [3.05, 3.63) is 0 Å². The third-order valence-electron chi connectivity index (χ3n) is 1.91. The molecular weight excluding hydrogens is 137 g/mol. The molecule has 0 unspecified atom stereocenters. The number of hydrogen-bond acceptors (Lipinski definition) is 3. The standard InChI is InChI=1S/C6H12FNO2/c7-5-2-6(8,10)1-4(5)3-9/h4-5,9-10H,1-3,8H2/t4-,5+,6+/m1/s1. The van der Waals surface area contributed by atoms with E-state index in [1.54, 1.807) is 0 Å². The van der Waals surface area contributed by atoms with Gasteiger partial charge in [-0.3, -0.25) is 0 Å². The number of halogens is 1. The van der Waals surface area contributed by atoms with E-state index >= 15 is 0 Å². The van der Waals surface area contributed by atoms with E-state index in [4.69, 9.17) is 15.9 Å². The van der Waals surface area contributed by atoms with Crippen molar-refractivity contribution in [2.24, 2.45) is 11.7 Å². The third kappa shape index (κ3) is 1.45. The predicted molar refractivity (Wildman–Crippen MR) is 33.8 cm³/mol. The Balaban J connectivity index is 2.52. The molecule has 1 aliphatic carbocycles. The van der Waals surface area contributed by atoms with Gasteiger partial charge in [0.15, 0.2) is 0 Å². The Morgan fingerprint density at radius 2 is 2.20 bits per heavy atom. The van der Waals surface area contributed by atoms with Gasteiger partial charge in [-0.1, -0.05) is 0 Å². The van der Waals surface area contributed by atoms with Crippen molar-refractivity contribution >= 4 is 0 Å². The number of aliphatic hydroxyl groups excluding tert-OH is 1. The fraction of sp³-hybridized carbons (Fsp3) is 1.00. The summed E-state index contributed by atoms with van der Waals surface area (Å²) in [4.78, 5) is 0. The average Bonchev–Trinajstić information content (AvgIpc) is 2.05. The summed E-state index contributed by atoms with van der Waals surface area (Å²) >= 11 is 0. The summed E-state index contributed by atoms with van der Waals surface area (Å²) in [6.45, 7) is -0.235. The molecule has 0 amide bonds. The zero-order valence-electron chi connectivity index (χ0n) is 5.63. The molecule has 1 saturated carbocycles. The SMILES string of the molecule is N[C@]1(O)C[C@H](CO)[C@@H](F)C1. The van der Waals surface area contributed by atoms with E-state index in [0.29, 0.717) is 0 Å². The Morgan fingerprint density at radius 1 is 1.60 bits per heavy atom. The van der Waals surface area contributed by atoms with Crippen LogP contribution in [0.5, 0.6) is 0 Å². The summed E-state index contributed by atoms with van der Waals surface area (Å²) in [6.07, 6.45) is -1.05. The Morgan fingerprint density at radius 3 is 2.40 bits per heavy atom. The molecule has 0 bridgehead atoms. The number of hydrogen-bond donors (Lipinski definition) is 3. The second kappa shape index (κ2) is 2.45. The zero-order chi connectivity index (χ0) is 7.78. The van der Waals surface area contributed by atoms with Gasteiger partial charge in [0.2, 0.25) is 0 Å². The van der Waals surface area contributed by atoms with Crippen LogP contribution in [-0.4, -0.2) is 28.7 Å². The van der Waals surface area contributed by atoms with E-state index in [2.05, 4.69) is 0 Å². The van der Waals surface area contributed by atoms with Crippen LogP contribution < -0.4 is 5.73 Å². The molecule has 0 aromatic carbocycles. The molecule has 60 valence electrons. The molecule has 0 aromatic rings. The molecule has 0 radical (unpaired) electrons. The Hall–Kier alpha value is -0.190. The van der Waals surface area contributed by atoms with Crippen molar-refractivity contribution in [3.8, 4) is 0 Å². The lowest BCUT2D eigenvalue weighted by molar-refractivity contribution is 0.0445. The fourth-order valence-corrected chi connectivity index (χ4v) is 1.35. The van der Waals surface area contributed by atoms with Crippen LogP contribution in [0.3, 0.4) is 0 Å². The first-order valence-electron chi connectivity index (χ1n) is 3.31. The lowest BCUT2D eigenvalue weighted by Crippen LogP contribution is -2.36. The van der Waals surface area contributed by atoms with Crippen molar-refractivity contribution in [1.82, 2.24) is 0 Å². The largest absolute Gasteiger partial charge is 0.396 e. The number of rotatable bonds is 1. The maximum atomic E-state index is 12.7. The van der Waals surface area contributed by atoms with Gasteiger partial charge in [0, 0.05) is 18.9 Å². The summed E-state index contributed by atoms with van der Waals surface area (Å²) in [5, 5.41) is 17.7. The topological polar surface area (TPSA) is 66.5 Å². The highest BCUT2D eigenvalue weighted by molar-refractivity contribution is 4.90. The van der Waals surface area contributed by atoms with Crippen LogP contribution in [0.1, 0.15) is 12.8 Å². The van der Waals surface area contributed by atoms with Crippen molar-refractivity contribution in [3.63, 3.8) is 0 Å². The Kier molecular flexibility index (Phi) is 1.94. The lowest BCUT2D eigenvalue weighted by atomic mass is 10.1. The van der Waals surface area contributed by atoms with Gasteiger partial charge in [-0.15, -0.1) is 0 Å². The van der Waals surface area contributed by atoms with Gasteiger partial charge in [0.25, 0.3) is 0 Å². The molecule has 10 heavy (non-hydrogen) atoms. The molecule has 0 aliphatic heterocycles. The van der Waals surface area contributed by atoms with Crippen molar-refractivity contribution in [2.75, 3.05) is 6.61 Å². The van der Waals surface area contributed by atoms with Crippen LogP contribution in [0.25, 0.3) is 0 Å². The van der Waals surface area contributed by atoms with Gasteiger partial charge < -0.3 is 15.9 Å². The van der Waals surface area contributed by atoms with Crippen molar-refractivity contribution < 1.29 is 14.6 Å². The molecule has 4 heteroatoms. The van der Waals surface area contributed by atoms with Gasteiger partial charge in [0.1, 0.15) is 11.9 Å². The lowest BCUT2D eigenvalue weighted by Gasteiger charge is -2.14. The minimum Gasteiger partial charge on any atom is -0.396 e. The van der Waals surface area contributed by atoms with Crippen molar-refractivity contribution in [2.45, 2.75) is 24.7 Å². The van der Waals surface area contributed by atoms with Crippen LogP contribution in [0.2, 0.25) is 0 Å². The number of nitrogens with two attached hydrogens (primary N) is 1. The van der Waals surface area contributed by atoms with E-state index in [-0.39, 0.29) is 19.4 Å². The highest BCUT2D eigenvalue weighted by Gasteiger charge is 2.41. The molecule has 3 atom stereocenters. The minimum atomic E-state index is -1.40. The normalized spacial score (nSPS) is 48.0. The first-order valence-corrected chi connectivity index (χ1v) is 3.31. The predicted octanol–water partition coefficient (Wildman–Crippen LogP) is -0.626. The van der Waals surface area contributed by atoms with Crippen LogP contribution in [0.15, 0.2) is 0 Å². The smallest absolute Gasteiger partial charge is 0.116 e. The van der Waals surface area contributed by atoms with Gasteiger partial charge in [-0.05, 0) is 6.42 Å². The van der Waals surface area contributed by atoms with E-state index in [1.807, 2.05) is 0 Å². The summed E-state index contributed by atoms with van der Waals surface area (Å²) in [6, 6.07) is 0. The number of alkyl halides is 1. The van der Waals surface area contributed by atoms with Gasteiger partial charge in [-0.25, -0.2) is 4.39 Å². The average molecular weight is 149 g/mol. The maximum absolute atomic E-state index is 12.7. The van der Waals surface area contributed by atoms with E-state index in [9.17, 15) is 4.39 Å². The van der Waals surface area contributed by atoms with E-state index in [0.717, 1.165) is 0 Å². The first-order chi connectivity index (χ1) is 4.55. The summed E-state index contributed by atoms with van der Waals surface area (Å²) in [7, 11) is 0. The summed E-state index contributed by atoms with van der Waals surface area (Å²) in [5.74, 6) is -0.477. The molecule has 1 aliphatic rings. The van der Waals surface area contributed by atoms with Gasteiger partial charge in [-0.2, -0.15) is 0 Å². The molecule has 4 N–H and O–H groups in total. The van der Waals surface area contributed by atoms with E-state index < -0.39 is 17.8 Å². The minimum absolute atomic E-state index is 0.0573. The third-order valence-corrected chi connectivity index (χ3v) is 1.91. The fourth-order valence-electron chi connectivity index (χ4n) is 1.35. The van der Waals surface area contributed by atoms with E-state index in [1.165, 1.54) is 0 Å². The molecule has 0 saturated heterocycles.